The number of aryl methyl sites for hydroxylation is 2. The standard InChI is InChI=1S/C22H25ClN2O4/c1-15-4-5-17(13-20(15)28-3)22(27)25-10-8-24(9-11-25)21(26)14-29-19-7-6-18(23)12-16(19)2/h4-7,12-13H,8-11,14H2,1-3H3. The van der Waals surface area contributed by atoms with Gasteiger partial charge >= 0.3 is 0 Å². The molecule has 0 N–H and O–H groups in total. The normalized spacial score (nSPS) is 13.9. The van der Waals surface area contributed by atoms with Gasteiger partial charge in [0.25, 0.3) is 11.8 Å². The van der Waals surface area contributed by atoms with E-state index in [2.05, 4.69) is 0 Å². The predicted molar refractivity (Wildman–Crippen MR) is 112 cm³/mol. The maximum absolute atomic E-state index is 12.8. The average Bonchev–Trinajstić information content (AvgIpc) is 2.73. The summed E-state index contributed by atoms with van der Waals surface area (Å²) in [7, 11) is 1.59. The summed E-state index contributed by atoms with van der Waals surface area (Å²) >= 11 is 5.94. The summed E-state index contributed by atoms with van der Waals surface area (Å²) in [5.41, 5.74) is 2.46. The lowest BCUT2D eigenvalue weighted by atomic mass is 10.1. The van der Waals surface area contributed by atoms with Gasteiger partial charge < -0.3 is 19.3 Å². The molecule has 3 rings (SSSR count). The fourth-order valence-electron chi connectivity index (χ4n) is 3.30. The van der Waals surface area contributed by atoms with Gasteiger partial charge in [0.15, 0.2) is 6.61 Å². The van der Waals surface area contributed by atoms with Gasteiger partial charge in [0.2, 0.25) is 0 Å². The molecule has 6 nitrogen and oxygen atoms in total. The van der Waals surface area contributed by atoms with Crippen molar-refractivity contribution >= 4 is 23.4 Å². The van der Waals surface area contributed by atoms with E-state index in [4.69, 9.17) is 21.1 Å². The molecule has 2 aromatic rings. The number of rotatable bonds is 5. The number of hydrogen-bond donors (Lipinski definition) is 0. The summed E-state index contributed by atoms with van der Waals surface area (Å²) in [6.45, 7) is 5.72. The minimum Gasteiger partial charge on any atom is -0.496 e. The second-order valence-electron chi connectivity index (χ2n) is 7.06. The number of carbonyl (C=O) groups excluding carboxylic acids is 2. The van der Waals surface area contributed by atoms with Crippen molar-refractivity contribution in [3.8, 4) is 11.5 Å². The van der Waals surface area contributed by atoms with E-state index in [1.807, 2.05) is 19.9 Å². The quantitative estimate of drug-likeness (QED) is 0.750. The number of amides is 2. The zero-order valence-corrected chi connectivity index (χ0v) is 17.7. The molecule has 29 heavy (non-hydrogen) atoms. The van der Waals surface area contributed by atoms with Crippen molar-refractivity contribution in [3.05, 3.63) is 58.1 Å². The fraction of sp³-hybridized carbons (Fsp3) is 0.364. The molecule has 2 aromatic carbocycles. The van der Waals surface area contributed by atoms with Gasteiger partial charge in [0.1, 0.15) is 11.5 Å². The highest BCUT2D eigenvalue weighted by atomic mass is 35.5. The highest BCUT2D eigenvalue weighted by Crippen LogP contribution is 2.22. The number of methoxy groups -OCH3 is 1. The number of carbonyl (C=O) groups is 2. The molecule has 1 aliphatic rings. The van der Waals surface area contributed by atoms with E-state index < -0.39 is 0 Å². The highest BCUT2D eigenvalue weighted by molar-refractivity contribution is 6.30. The number of ether oxygens (including phenoxy) is 2. The molecule has 0 bridgehead atoms. The molecule has 0 atom stereocenters. The van der Waals surface area contributed by atoms with E-state index >= 15 is 0 Å². The molecule has 0 aromatic heterocycles. The molecule has 0 spiro atoms. The van der Waals surface area contributed by atoms with Crippen LogP contribution in [0, 0.1) is 13.8 Å². The van der Waals surface area contributed by atoms with Crippen LogP contribution in [0.1, 0.15) is 21.5 Å². The maximum Gasteiger partial charge on any atom is 0.260 e. The number of halogens is 1. The molecule has 1 fully saturated rings. The van der Waals surface area contributed by atoms with Crippen molar-refractivity contribution in [2.45, 2.75) is 13.8 Å². The van der Waals surface area contributed by atoms with Crippen LogP contribution in [0.4, 0.5) is 0 Å². The second kappa shape index (κ2) is 9.18. The van der Waals surface area contributed by atoms with E-state index in [9.17, 15) is 9.59 Å². The van der Waals surface area contributed by atoms with E-state index in [-0.39, 0.29) is 18.4 Å². The zero-order valence-electron chi connectivity index (χ0n) is 16.9. The smallest absolute Gasteiger partial charge is 0.260 e. The molecule has 0 radical (unpaired) electrons. The summed E-state index contributed by atoms with van der Waals surface area (Å²) in [6.07, 6.45) is 0. The van der Waals surface area contributed by atoms with Crippen LogP contribution >= 0.6 is 11.6 Å². The van der Waals surface area contributed by atoms with E-state index in [0.29, 0.717) is 48.3 Å². The Hall–Kier alpha value is -2.73. The topological polar surface area (TPSA) is 59.1 Å². The van der Waals surface area contributed by atoms with E-state index in [0.717, 1.165) is 11.1 Å². The Morgan fingerprint density at radius 2 is 1.62 bits per heavy atom. The predicted octanol–water partition coefficient (Wildman–Crippen LogP) is 3.33. The molecule has 1 aliphatic heterocycles. The van der Waals surface area contributed by atoms with Crippen molar-refractivity contribution in [2.75, 3.05) is 39.9 Å². The molecule has 7 heteroatoms. The molecule has 1 saturated heterocycles. The molecule has 0 aliphatic carbocycles. The fourth-order valence-corrected chi connectivity index (χ4v) is 3.53. The van der Waals surface area contributed by atoms with Gasteiger partial charge in [-0.05, 0) is 55.3 Å². The molecular weight excluding hydrogens is 392 g/mol. The number of benzene rings is 2. The van der Waals surface area contributed by atoms with Crippen LogP contribution in [0.2, 0.25) is 5.02 Å². The number of piperazine rings is 1. The molecule has 154 valence electrons. The SMILES string of the molecule is COc1cc(C(=O)N2CCN(C(=O)COc3ccc(Cl)cc3C)CC2)ccc1C. The van der Waals surface area contributed by atoms with Crippen LogP contribution in [0.15, 0.2) is 36.4 Å². The monoisotopic (exact) mass is 416 g/mol. The summed E-state index contributed by atoms with van der Waals surface area (Å²) < 4.78 is 10.9. The van der Waals surface area contributed by atoms with Crippen molar-refractivity contribution in [1.82, 2.24) is 9.80 Å². The summed E-state index contributed by atoms with van der Waals surface area (Å²) in [6, 6.07) is 10.7. The van der Waals surface area contributed by atoms with Gasteiger partial charge in [-0.25, -0.2) is 0 Å². The van der Waals surface area contributed by atoms with Gasteiger partial charge in [-0.15, -0.1) is 0 Å². The Morgan fingerprint density at radius 3 is 2.28 bits per heavy atom. The first kappa shape index (κ1) is 21.0. The minimum atomic E-state index is -0.0940. The lowest BCUT2D eigenvalue weighted by Gasteiger charge is -2.34. The van der Waals surface area contributed by atoms with Gasteiger partial charge in [0, 0.05) is 36.8 Å². The maximum atomic E-state index is 12.8. The van der Waals surface area contributed by atoms with Gasteiger partial charge in [0.05, 0.1) is 7.11 Å². The Labute approximate surface area is 176 Å². The van der Waals surface area contributed by atoms with Crippen LogP contribution < -0.4 is 9.47 Å². The summed E-state index contributed by atoms with van der Waals surface area (Å²) in [5.74, 6) is 1.19. The van der Waals surface area contributed by atoms with Crippen LogP contribution in [0.5, 0.6) is 11.5 Å². The molecule has 2 amide bonds. The van der Waals surface area contributed by atoms with E-state index in [1.54, 1.807) is 47.2 Å². The van der Waals surface area contributed by atoms with E-state index in [1.165, 1.54) is 0 Å². The zero-order chi connectivity index (χ0) is 21.0. The summed E-state index contributed by atoms with van der Waals surface area (Å²) in [4.78, 5) is 28.7. The highest BCUT2D eigenvalue weighted by Gasteiger charge is 2.25. The third-order valence-corrected chi connectivity index (χ3v) is 5.30. The molecular formula is C22H25ClN2O4. The summed E-state index contributed by atoms with van der Waals surface area (Å²) in [5, 5.41) is 0.633. The largest absolute Gasteiger partial charge is 0.496 e. The molecule has 0 unspecified atom stereocenters. The Kier molecular flexibility index (Phi) is 6.64. The van der Waals surface area contributed by atoms with Gasteiger partial charge in [-0.1, -0.05) is 17.7 Å². The van der Waals surface area contributed by atoms with Crippen LogP contribution in [-0.2, 0) is 4.79 Å². The first-order valence-electron chi connectivity index (χ1n) is 9.49. The second-order valence-corrected chi connectivity index (χ2v) is 7.49. The number of nitrogens with zero attached hydrogens (tertiary/aromatic N) is 2. The third kappa shape index (κ3) is 5.01. The Bertz CT molecular complexity index is 908. The van der Waals surface area contributed by atoms with Crippen molar-refractivity contribution in [2.24, 2.45) is 0 Å². The lowest BCUT2D eigenvalue weighted by molar-refractivity contribution is -0.134. The average molecular weight is 417 g/mol. The van der Waals surface area contributed by atoms with Crippen molar-refractivity contribution in [3.63, 3.8) is 0 Å². The molecule has 1 heterocycles. The van der Waals surface area contributed by atoms with Crippen LogP contribution in [0.3, 0.4) is 0 Å². The first-order chi connectivity index (χ1) is 13.9. The third-order valence-electron chi connectivity index (χ3n) is 5.06. The Balaban J connectivity index is 1.53. The van der Waals surface area contributed by atoms with Gasteiger partial charge in [-0.3, -0.25) is 9.59 Å². The first-order valence-corrected chi connectivity index (χ1v) is 9.87. The lowest BCUT2D eigenvalue weighted by Crippen LogP contribution is -2.51. The Morgan fingerprint density at radius 1 is 0.931 bits per heavy atom. The minimum absolute atomic E-state index is 0.0361. The van der Waals surface area contributed by atoms with Crippen LogP contribution in [-0.4, -0.2) is 61.5 Å². The number of hydrogen-bond acceptors (Lipinski definition) is 4. The van der Waals surface area contributed by atoms with Crippen molar-refractivity contribution in [1.29, 1.82) is 0 Å². The van der Waals surface area contributed by atoms with Crippen LogP contribution in [0.25, 0.3) is 0 Å². The van der Waals surface area contributed by atoms with Gasteiger partial charge in [-0.2, -0.15) is 0 Å². The van der Waals surface area contributed by atoms with Crippen molar-refractivity contribution < 1.29 is 19.1 Å². The molecule has 0 saturated carbocycles.